The molecule has 1 N–H and O–H groups in total. The highest BCUT2D eigenvalue weighted by molar-refractivity contribution is 14.1. The molecule has 0 aliphatic rings. The van der Waals surface area contributed by atoms with Crippen LogP contribution in [0.15, 0.2) is 46.9 Å². The third kappa shape index (κ3) is 2.65. The highest BCUT2D eigenvalue weighted by Crippen LogP contribution is 2.28. The van der Waals surface area contributed by atoms with Crippen LogP contribution in [0, 0.1) is 10.5 Å². The highest BCUT2D eigenvalue weighted by Gasteiger charge is 2.10. The van der Waals surface area contributed by atoms with Crippen molar-refractivity contribution in [3.05, 3.63) is 62.4 Å². The fraction of sp³-hybridized carbons (Fsp3) is 0.125. The van der Waals surface area contributed by atoms with Crippen LogP contribution in [0.25, 0.3) is 11.0 Å². The van der Waals surface area contributed by atoms with Gasteiger partial charge >= 0.3 is 0 Å². The fourth-order valence-corrected chi connectivity index (χ4v) is 3.18. The lowest BCUT2D eigenvalue weighted by Crippen LogP contribution is -2.00. The molecule has 2 nitrogen and oxygen atoms in total. The van der Waals surface area contributed by atoms with Crippen LogP contribution in [0.5, 0.6) is 0 Å². The number of fused-ring (bicyclic) bond motifs is 1. The normalized spacial score (nSPS) is 10.9. The molecule has 2 aromatic carbocycles. The van der Waals surface area contributed by atoms with E-state index in [1.807, 2.05) is 43.3 Å². The lowest BCUT2D eigenvalue weighted by atomic mass is 10.1. The van der Waals surface area contributed by atoms with Gasteiger partial charge in [-0.2, -0.15) is 0 Å². The molecule has 3 rings (SSSR count). The van der Waals surface area contributed by atoms with Crippen LogP contribution in [0.3, 0.4) is 0 Å². The minimum absolute atomic E-state index is 0.698. The molecule has 0 radical (unpaired) electrons. The molecule has 0 unspecified atom stereocenters. The van der Waals surface area contributed by atoms with Gasteiger partial charge in [-0.3, -0.25) is 0 Å². The Labute approximate surface area is 136 Å². The van der Waals surface area contributed by atoms with Crippen molar-refractivity contribution in [3.8, 4) is 0 Å². The van der Waals surface area contributed by atoms with Crippen molar-refractivity contribution < 1.29 is 4.42 Å². The first-order valence-electron chi connectivity index (χ1n) is 6.31. The number of nitrogens with one attached hydrogen (secondary N) is 1. The lowest BCUT2D eigenvalue weighted by molar-refractivity contribution is 0.573. The molecule has 0 atom stereocenters. The van der Waals surface area contributed by atoms with Crippen molar-refractivity contribution in [2.75, 3.05) is 5.32 Å². The van der Waals surface area contributed by atoms with E-state index in [1.54, 1.807) is 0 Å². The molecule has 3 aromatic rings. The van der Waals surface area contributed by atoms with Crippen LogP contribution in [0.2, 0.25) is 5.02 Å². The van der Waals surface area contributed by atoms with Crippen molar-refractivity contribution in [3.63, 3.8) is 0 Å². The summed E-state index contributed by atoms with van der Waals surface area (Å²) in [4.78, 5) is 0. The average molecular weight is 398 g/mol. The summed E-state index contributed by atoms with van der Waals surface area (Å²) in [6.07, 6.45) is 0. The van der Waals surface area contributed by atoms with Crippen molar-refractivity contribution >= 4 is 50.8 Å². The van der Waals surface area contributed by atoms with Gasteiger partial charge in [0.1, 0.15) is 11.3 Å². The van der Waals surface area contributed by atoms with Crippen LogP contribution in [0.1, 0.15) is 11.3 Å². The summed E-state index contributed by atoms with van der Waals surface area (Å²) in [6, 6.07) is 14.1. The molecular formula is C16H13ClINO. The maximum atomic E-state index is 6.24. The van der Waals surface area contributed by atoms with Crippen molar-refractivity contribution in [2.45, 2.75) is 13.5 Å². The molecule has 0 bridgehead atoms. The molecule has 0 saturated heterocycles. The summed E-state index contributed by atoms with van der Waals surface area (Å²) < 4.78 is 6.89. The fourth-order valence-electron chi connectivity index (χ4n) is 2.26. The molecule has 0 spiro atoms. The first kappa shape index (κ1) is 13.8. The second-order valence-corrected chi connectivity index (χ2v) is 6.26. The van der Waals surface area contributed by atoms with E-state index in [2.05, 4.69) is 34.0 Å². The van der Waals surface area contributed by atoms with Crippen molar-refractivity contribution in [2.24, 2.45) is 0 Å². The van der Waals surface area contributed by atoms with Gasteiger partial charge in [-0.05, 0) is 53.8 Å². The number of benzene rings is 2. The van der Waals surface area contributed by atoms with Gasteiger partial charge in [0.05, 0.1) is 10.7 Å². The van der Waals surface area contributed by atoms with Gasteiger partial charge in [-0.15, -0.1) is 0 Å². The Kier molecular flexibility index (Phi) is 3.89. The van der Waals surface area contributed by atoms with Gasteiger partial charge in [0.25, 0.3) is 0 Å². The molecule has 20 heavy (non-hydrogen) atoms. The van der Waals surface area contributed by atoms with E-state index in [1.165, 1.54) is 5.56 Å². The standard InChI is InChI=1S/C16H13ClINO/c1-10-13(12-4-2-3-5-16(12)20-10)9-19-15-7-6-11(18)8-14(15)17/h2-8,19H,9H2,1H3. The molecule has 4 heteroatoms. The number of hydrogen-bond donors (Lipinski definition) is 1. The zero-order valence-corrected chi connectivity index (χ0v) is 13.8. The van der Waals surface area contributed by atoms with Crippen LogP contribution < -0.4 is 5.32 Å². The van der Waals surface area contributed by atoms with Gasteiger partial charge in [-0.1, -0.05) is 29.8 Å². The van der Waals surface area contributed by atoms with E-state index in [0.29, 0.717) is 6.54 Å². The molecule has 0 amide bonds. The number of hydrogen-bond acceptors (Lipinski definition) is 2. The molecule has 0 aliphatic carbocycles. The van der Waals surface area contributed by atoms with Crippen LogP contribution in [-0.2, 0) is 6.54 Å². The van der Waals surface area contributed by atoms with E-state index in [9.17, 15) is 0 Å². The SMILES string of the molecule is Cc1oc2ccccc2c1CNc1ccc(I)cc1Cl. The number of para-hydroxylation sites is 1. The maximum absolute atomic E-state index is 6.24. The smallest absolute Gasteiger partial charge is 0.134 e. The van der Waals surface area contributed by atoms with E-state index in [0.717, 1.165) is 31.0 Å². The van der Waals surface area contributed by atoms with Crippen LogP contribution >= 0.6 is 34.2 Å². The summed E-state index contributed by atoms with van der Waals surface area (Å²) in [5.41, 5.74) is 3.04. The van der Waals surface area contributed by atoms with Crippen molar-refractivity contribution in [1.82, 2.24) is 0 Å². The van der Waals surface area contributed by atoms with E-state index in [4.69, 9.17) is 16.0 Å². The average Bonchev–Trinajstić information content (AvgIpc) is 2.74. The predicted octanol–water partition coefficient (Wildman–Crippen LogP) is 5.61. The summed E-state index contributed by atoms with van der Waals surface area (Å²) in [5, 5.41) is 5.27. The Hall–Kier alpha value is -1.20. The number of anilines is 1. The van der Waals surface area contributed by atoms with Gasteiger partial charge in [0, 0.05) is 21.1 Å². The van der Waals surface area contributed by atoms with E-state index >= 15 is 0 Å². The quantitative estimate of drug-likeness (QED) is 0.581. The topological polar surface area (TPSA) is 25.2 Å². The summed E-state index contributed by atoms with van der Waals surface area (Å²) in [5.74, 6) is 0.945. The Morgan fingerprint density at radius 3 is 2.80 bits per heavy atom. The number of furan rings is 1. The Morgan fingerprint density at radius 1 is 1.20 bits per heavy atom. The zero-order valence-electron chi connectivity index (χ0n) is 10.9. The maximum Gasteiger partial charge on any atom is 0.134 e. The molecule has 0 aliphatic heterocycles. The Balaban J connectivity index is 1.88. The van der Waals surface area contributed by atoms with Gasteiger partial charge in [0.2, 0.25) is 0 Å². The Bertz CT molecular complexity index is 766. The molecule has 102 valence electrons. The summed E-state index contributed by atoms with van der Waals surface area (Å²) in [7, 11) is 0. The van der Waals surface area contributed by atoms with Crippen LogP contribution in [0.4, 0.5) is 5.69 Å². The number of aryl methyl sites for hydroxylation is 1. The summed E-state index contributed by atoms with van der Waals surface area (Å²) in [6.45, 7) is 2.69. The zero-order chi connectivity index (χ0) is 14.1. The second kappa shape index (κ2) is 5.66. The molecule has 0 fully saturated rings. The Morgan fingerprint density at radius 2 is 2.00 bits per heavy atom. The highest BCUT2D eigenvalue weighted by atomic mass is 127. The lowest BCUT2D eigenvalue weighted by Gasteiger charge is -2.08. The molecule has 1 aromatic heterocycles. The minimum Gasteiger partial charge on any atom is -0.461 e. The van der Waals surface area contributed by atoms with Crippen molar-refractivity contribution in [1.29, 1.82) is 0 Å². The first-order valence-corrected chi connectivity index (χ1v) is 7.77. The number of rotatable bonds is 3. The largest absolute Gasteiger partial charge is 0.461 e. The van der Waals surface area contributed by atoms with E-state index < -0.39 is 0 Å². The van der Waals surface area contributed by atoms with Crippen LogP contribution in [-0.4, -0.2) is 0 Å². The summed E-state index contributed by atoms with van der Waals surface area (Å²) >= 11 is 8.49. The third-order valence-electron chi connectivity index (χ3n) is 3.29. The molecular weight excluding hydrogens is 385 g/mol. The molecule has 1 heterocycles. The second-order valence-electron chi connectivity index (χ2n) is 4.61. The van der Waals surface area contributed by atoms with Gasteiger partial charge in [-0.25, -0.2) is 0 Å². The minimum atomic E-state index is 0.698. The van der Waals surface area contributed by atoms with E-state index in [-0.39, 0.29) is 0 Å². The van der Waals surface area contributed by atoms with Gasteiger partial charge < -0.3 is 9.73 Å². The third-order valence-corrected chi connectivity index (χ3v) is 4.27. The monoisotopic (exact) mass is 397 g/mol. The van der Waals surface area contributed by atoms with Gasteiger partial charge in [0.15, 0.2) is 0 Å². The first-order chi connectivity index (χ1) is 9.65. The molecule has 0 saturated carbocycles. The number of halogens is 2. The predicted molar refractivity (Wildman–Crippen MR) is 92.4 cm³/mol.